The molecule has 0 unspecified atom stereocenters. The van der Waals surface area contributed by atoms with E-state index in [1.54, 1.807) is 48.5 Å². The van der Waals surface area contributed by atoms with Gasteiger partial charge < -0.3 is 26.3 Å². The van der Waals surface area contributed by atoms with Crippen molar-refractivity contribution in [3.05, 3.63) is 64.7 Å². The normalized spacial score (nSPS) is 11.9. The van der Waals surface area contributed by atoms with Crippen molar-refractivity contribution in [2.75, 3.05) is 24.4 Å². The molecule has 0 saturated heterocycles. The van der Waals surface area contributed by atoms with Crippen LogP contribution < -0.4 is 31.2 Å². The number of primary amides is 1. The van der Waals surface area contributed by atoms with Gasteiger partial charge >= 0.3 is 0 Å². The molecular weight excluding hydrogens is 506 g/mol. The molecule has 0 spiro atoms. The summed E-state index contributed by atoms with van der Waals surface area (Å²) in [5.74, 6) is -0.656. The molecule has 0 aliphatic heterocycles. The van der Waals surface area contributed by atoms with Crippen LogP contribution in [0.1, 0.15) is 65.9 Å². The minimum Gasteiger partial charge on any atom is -0.497 e. The van der Waals surface area contributed by atoms with E-state index in [0.29, 0.717) is 35.8 Å². The largest absolute Gasteiger partial charge is 0.497 e. The number of nitrogens with two attached hydrogens (primary N) is 2. The van der Waals surface area contributed by atoms with Gasteiger partial charge in [-0.25, -0.2) is 0 Å². The summed E-state index contributed by atoms with van der Waals surface area (Å²) in [4.78, 5) is 41.1. The Balaban J connectivity index is 2.22. The van der Waals surface area contributed by atoms with Crippen LogP contribution in [0.5, 0.6) is 11.5 Å². The van der Waals surface area contributed by atoms with Crippen LogP contribution in [-0.2, 0) is 4.79 Å². The first-order valence-corrected chi connectivity index (χ1v) is 12.9. The predicted molar refractivity (Wildman–Crippen MR) is 148 cm³/mol. The zero-order chi connectivity index (χ0) is 28.0. The van der Waals surface area contributed by atoms with Gasteiger partial charge in [0.15, 0.2) is 5.69 Å². The first-order valence-electron chi connectivity index (χ1n) is 12.1. The fourth-order valence-corrected chi connectivity index (χ4v) is 4.43. The van der Waals surface area contributed by atoms with Crippen LogP contribution in [0.4, 0.5) is 11.4 Å². The molecule has 10 nitrogen and oxygen atoms in total. The summed E-state index contributed by atoms with van der Waals surface area (Å²) in [6.45, 7) is 8.13. The molecular formula is C27H33N5O5S. The Hall–Kier alpha value is -4.12. The third-order valence-electron chi connectivity index (χ3n) is 6.08. The number of aromatic nitrogens is 1. The number of carbonyl (C=O) groups excluding carboxylic acids is 3. The second kappa shape index (κ2) is 12.0. The van der Waals surface area contributed by atoms with E-state index in [4.69, 9.17) is 20.9 Å². The van der Waals surface area contributed by atoms with Gasteiger partial charge in [0.1, 0.15) is 22.4 Å². The Morgan fingerprint density at radius 1 is 1.05 bits per heavy atom. The highest BCUT2D eigenvalue weighted by atomic mass is 32.1. The smallest absolute Gasteiger partial charge is 0.273 e. The summed E-state index contributed by atoms with van der Waals surface area (Å²) in [6.07, 6.45) is 0.662. The number of rotatable bonds is 11. The van der Waals surface area contributed by atoms with Crippen LogP contribution >= 0.6 is 11.5 Å². The van der Waals surface area contributed by atoms with E-state index in [-0.39, 0.29) is 16.3 Å². The van der Waals surface area contributed by atoms with E-state index in [1.807, 2.05) is 27.7 Å². The number of carbonyl (C=O) groups is 3. The fraction of sp³-hybridized carbons (Fsp3) is 0.333. The Kier molecular flexibility index (Phi) is 8.95. The van der Waals surface area contributed by atoms with Crippen LogP contribution in [0, 0.1) is 0 Å². The molecule has 3 amide bonds. The van der Waals surface area contributed by atoms with Crippen LogP contribution in [0.3, 0.4) is 0 Å². The Bertz CT molecular complexity index is 1290. The van der Waals surface area contributed by atoms with Crippen LogP contribution in [0.2, 0.25) is 0 Å². The van der Waals surface area contributed by atoms with Gasteiger partial charge in [-0.3, -0.25) is 19.3 Å². The van der Waals surface area contributed by atoms with Crippen molar-refractivity contribution in [3.63, 3.8) is 0 Å². The SMILES string of the molecule is CCOc1ccc([C@@H](C(=O)NC(C)(C)CC)N(C(=O)c2snc(C(N)=O)c2N)c2ccc(OC)cc2)cc1. The molecule has 1 aromatic heterocycles. The maximum Gasteiger partial charge on any atom is 0.273 e. The number of anilines is 2. The number of amides is 3. The van der Waals surface area contributed by atoms with Gasteiger partial charge in [-0.05, 0) is 80.7 Å². The molecule has 38 heavy (non-hydrogen) atoms. The molecule has 0 bridgehead atoms. The summed E-state index contributed by atoms with van der Waals surface area (Å²) in [5.41, 5.74) is 11.6. The molecule has 3 rings (SSSR count). The van der Waals surface area contributed by atoms with Gasteiger partial charge in [0.2, 0.25) is 5.91 Å². The molecule has 1 atom stereocenters. The highest BCUT2D eigenvalue weighted by molar-refractivity contribution is 7.09. The van der Waals surface area contributed by atoms with Crippen LogP contribution in [0.15, 0.2) is 48.5 Å². The van der Waals surface area contributed by atoms with Gasteiger partial charge in [-0.15, -0.1) is 0 Å². The first-order chi connectivity index (χ1) is 18.0. The average Bonchev–Trinajstić information content (AvgIpc) is 3.29. The van der Waals surface area contributed by atoms with E-state index < -0.39 is 29.3 Å². The molecule has 0 fully saturated rings. The third kappa shape index (κ3) is 6.23. The molecule has 2 aromatic carbocycles. The molecule has 0 aliphatic carbocycles. The van der Waals surface area contributed by atoms with Gasteiger partial charge in [-0.2, -0.15) is 4.37 Å². The minimum atomic E-state index is -1.10. The number of nitrogen functional groups attached to an aromatic ring is 1. The van der Waals surface area contributed by atoms with E-state index in [9.17, 15) is 14.4 Å². The Morgan fingerprint density at radius 3 is 2.16 bits per heavy atom. The van der Waals surface area contributed by atoms with Crippen molar-refractivity contribution in [2.24, 2.45) is 5.73 Å². The number of nitrogens with one attached hydrogen (secondary N) is 1. The minimum absolute atomic E-state index is 0.00638. The molecule has 0 aliphatic rings. The second-order valence-electron chi connectivity index (χ2n) is 9.14. The molecule has 0 radical (unpaired) electrons. The monoisotopic (exact) mass is 539 g/mol. The van der Waals surface area contributed by atoms with Crippen molar-refractivity contribution >= 4 is 40.6 Å². The Labute approximate surface area is 226 Å². The highest BCUT2D eigenvalue weighted by Gasteiger charge is 2.37. The van der Waals surface area contributed by atoms with E-state index in [1.165, 1.54) is 12.0 Å². The van der Waals surface area contributed by atoms with E-state index in [2.05, 4.69) is 9.69 Å². The van der Waals surface area contributed by atoms with Gasteiger partial charge in [0.05, 0.1) is 19.4 Å². The molecule has 202 valence electrons. The molecule has 11 heteroatoms. The summed E-state index contributed by atoms with van der Waals surface area (Å²) < 4.78 is 14.8. The highest BCUT2D eigenvalue weighted by Crippen LogP contribution is 2.35. The molecule has 5 N–H and O–H groups in total. The molecule has 1 heterocycles. The number of ether oxygens (including phenoxy) is 2. The average molecular weight is 540 g/mol. The maximum absolute atomic E-state index is 14.1. The quantitative estimate of drug-likeness (QED) is 0.334. The van der Waals surface area contributed by atoms with Crippen molar-refractivity contribution in [1.82, 2.24) is 9.69 Å². The summed E-state index contributed by atoms with van der Waals surface area (Å²) >= 11 is 0.751. The Morgan fingerprint density at radius 2 is 1.66 bits per heavy atom. The molecule has 3 aromatic rings. The summed E-state index contributed by atoms with van der Waals surface area (Å²) in [6, 6.07) is 12.6. The molecule has 0 saturated carbocycles. The lowest BCUT2D eigenvalue weighted by Crippen LogP contribution is -2.50. The van der Waals surface area contributed by atoms with Gasteiger partial charge in [0, 0.05) is 11.2 Å². The van der Waals surface area contributed by atoms with E-state index >= 15 is 0 Å². The standard InChI is InChI=1S/C27H33N5O5S/c1-6-27(3,4)30-25(34)22(16-8-12-19(13-9-16)37-7-2)32(17-10-14-18(36-5)15-11-17)26(35)23-20(28)21(24(29)33)31-38-23/h8-15,22H,6-7,28H2,1-5H3,(H2,29,33)(H,30,34)/t22-/m0/s1. The summed E-state index contributed by atoms with van der Waals surface area (Å²) in [5, 5.41) is 3.06. The lowest BCUT2D eigenvalue weighted by molar-refractivity contribution is -0.124. The lowest BCUT2D eigenvalue weighted by Gasteiger charge is -2.34. The fourth-order valence-electron chi connectivity index (χ4n) is 3.69. The van der Waals surface area contributed by atoms with Crippen molar-refractivity contribution in [3.8, 4) is 11.5 Å². The van der Waals surface area contributed by atoms with E-state index in [0.717, 1.165) is 11.5 Å². The zero-order valence-corrected chi connectivity index (χ0v) is 22.9. The number of methoxy groups -OCH3 is 1. The third-order valence-corrected chi connectivity index (χ3v) is 6.93. The lowest BCUT2D eigenvalue weighted by atomic mass is 9.98. The number of nitrogens with zero attached hydrogens (tertiary/aromatic N) is 2. The number of hydrogen-bond donors (Lipinski definition) is 3. The van der Waals surface area contributed by atoms with Crippen molar-refractivity contribution in [2.45, 2.75) is 45.7 Å². The predicted octanol–water partition coefficient (Wildman–Crippen LogP) is 3.92. The maximum atomic E-state index is 14.1. The van der Waals surface area contributed by atoms with Gasteiger partial charge in [-0.1, -0.05) is 19.1 Å². The van der Waals surface area contributed by atoms with Crippen LogP contribution in [-0.4, -0.2) is 41.4 Å². The van der Waals surface area contributed by atoms with Crippen molar-refractivity contribution < 1.29 is 23.9 Å². The number of benzene rings is 2. The van der Waals surface area contributed by atoms with Gasteiger partial charge in [0.25, 0.3) is 11.8 Å². The summed E-state index contributed by atoms with van der Waals surface area (Å²) in [7, 11) is 1.53. The topological polar surface area (TPSA) is 150 Å². The van der Waals surface area contributed by atoms with Crippen molar-refractivity contribution in [1.29, 1.82) is 0 Å². The van der Waals surface area contributed by atoms with Crippen LogP contribution in [0.25, 0.3) is 0 Å². The zero-order valence-electron chi connectivity index (χ0n) is 22.1. The second-order valence-corrected chi connectivity index (χ2v) is 9.92. The first kappa shape index (κ1) is 28.5. The number of hydrogen-bond acceptors (Lipinski definition) is 8.